The predicted molar refractivity (Wildman–Crippen MR) is 152 cm³/mol. The van der Waals surface area contributed by atoms with Crippen LogP contribution in [0.4, 0.5) is 5.69 Å². The van der Waals surface area contributed by atoms with E-state index in [-0.39, 0.29) is 41.9 Å². The van der Waals surface area contributed by atoms with E-state index in [9.17, 15) is 18.0 Å². The Labute approximate surface area is 231 Å². The van der Waals surface area contributed by atoms with E-state index in [1.54, 1.807) is 11.0 Å². The normalized spacial score (nSPS) is 12.1. The van der Waals surface area contributed by atoms with Gasteiger partial charge in [0.1, 0.15) is 6.04 Å². The van der Waals surface area contributed by atoms with Gasteiger partial charge in [0.15, 0.2) is 0 Å². The predicted octanol–water partition coefficient (Wildman–Crippen LogP) is 5.31. The lowest BCUT2D eigenvalue weighted by molar-refractivity contribution is -0.140. The van der Waals surface area contributed by atoms with E-state index >= 15 is 0 Å². The topological polar surface area (TPSA) is 86.8 Å². The van der Waals surface area contributed by atoms with Gasteiger partial charge in [0.05, 0.1) is 17.0 Å². The number of hydrogen-bond donors (Lipinski definition) is 1. The standard InChI is InChI=1S/C27H37Cl2N3O4S/c1-4-6-17-30-27(34)24(5-2)31(19-16-21-11-8-7-9-12-21)26(33)13-10-18-32(37(3,35)36)25-20-22(28)14-15-23(25)29/h7-9,11-12,14-15,20,24H,4-6,10,13,16-19H2,1-3H3,(H,30,34)/t24-/m0/s1. The molecule has 10 heteroatoms. The van der Waals surface area contributed by atoms with Gasteiger partial charge in [0, 0.05) is 31.1 Å². The van der Waals surface area contributed by atoms with Crippen LogP contribution in [-0.2, 0) is 26.0 Å². The molecule has 2 rings (SSSR count). The van der Waals surface area contributed by atoms with Crippen molar-refractivity contribution in [1.82, 2.24) is 10.2 Å². The minimum atomic E-state index is -3.67. The van der Waals surface area contributed by atoms with E-state index < -0.39 is 16.1 Å². The van der Waals surface area contributed by atoms with Gasteiger partial charge in [-0.15, -0.1) is 0 Å². The van der Waals surface area contributed by atoms with Crippen LogP contribution in [0.25, 0.3) is 0 Å². The summed E-state index contributed by atoms with van der Waals surface area (Å²) in [5.74, 6) is -0.361. The monoisotopic (exact) mass is 569 g/mol. The van der Waals surface area contributed by atoms with Crippen molar-refractivity contribution in [2.24, 2.45) is 0 Å². The fraction of sp³-hybridized carbons (Fsp3) is 0.481. The minimum Gasteiger partial charge on any atom is -0.354 e. The Morgan fingerprint density at radius 2 is 1.70 bits per heavy atom. The number of nitrogens with zero attached hydrogens (tertiary/aromatic N) is 2. The van der Waals surface area contributed by atoms with Gasteiger partial charge in [-0.25, -0.2) is 8.42 Å². The molecule has 0 saturated heterocycles. The van der Waals surface area contributed by atoms with Crippen LogP contribution in [0.5, 0.6) is 0 Å². The molecule has 0 saturated carbocycles. The lowest BCUT2D eigenvalue weighted by Crippen LogP contribution is -2.50. The molecule has 0 aromatic heterocycles. The number of nitrogens with one attached hydrogen (secondary N) is 1. The quantitative estimate of drug-likeness (QED) is 0.294. The maximum absolute atomic E-state index is 13.4. The molecule has 0 aliphatic heterocycles. The Hall–Kier alpha value is -2.29. The summed E-state index contributed by atoms with van der Waals surface area (Å²) >= 11 is 12.3. The summed E-state index contributed by atoms with van der Waals surface area (Å²) < 4.78 is 26.2. The average Bonchev–Trinajstić information content (AvgIpc) is 2.86. The van der Waals surface area contributed by atoms with Crippen molar-refractivity contribution in [2.45, 2.75) is 58.4 Å². The van der Waals surface area contributed by atoms with Gasteiger partial charge in [-0.05, 0) is 49.4 Å². The molecule has 7 nitrogen and oxygen atoms in total. The van der Waals surface area contributed by atoms with Crippen LogP contribution in [0.3, 0.4) is 0 Å². The Morgan fingerprint density at radius 3 is 2.32 bits per heavy atom. The maximum Gasteiger partial charge on any atom is 0.242 e. The molecule has 0 aliphatic carbocycles. The van der Waals surface area contributed by atoms with Gasteiger partial charge >= 0.3 is 0 Å². The summed E-state index contributed by atoms with van der Waals surface area (Å²) in [7, 11) is -3.67. The summed E-state index contributed by atoms with van der Waals surface area (Å²) in [6.07, 6.45) is 4.34. The Balaban J connectivity index is 2.17. The highest BCUT2D eigenvalue weighted by Gasteiger charge is 2.28. The van der Waals surface area contributed by atoms with Crippen molar-refractivity contribution in [3.63, 3.8) is 0 Å². The Bertz CT molecular complexity index is 1130. The summed E-state index contributed by atoms with van der Waals surface area (Å²) in [6, 6.07) is 13.8. The number of carbonyl (C=O) groups excluding carboxylic acids is 2. The van der Waals surface area contributed by atoms with Crippen LogP contribution in [0.2, 0.25) is 10.0 Å². The number of amides is 2. The zero-order chi connectivity index (χ0) is 27.4. The second-order valence-electron chi connectivity index (χ2n) is 8.93. The molecule has 0 fully saturated rings. The second-order valence-corrected chi connectivity index (χ2v) is 11.7. The summed E-state index contributed by atoms with van der Waals surface area (Å²) in [6.45, 7) is 4.94. The lowest BCUT2D eigenvalue weighted by atomic mass is 10.1. The fourth-order valence-electron chi connectivity index (χ4n) is 4.06. The van der Waals surface area contributed by atoms with Crippen LogP contribution in [0, 0.1) is 0 Å². The highest BCUT2D eigenvalue weighted by atomic mass is 35.5. The third-order valence-corrected chi connectivity index (χ3v) is 7.76. The number of anilines is 1. The number of sulfonamides is 1. The van der Waals surface area contributed by atoms with Gasteiger partial charge in [-0.2, -0.15) is 0 Å². The first-order chi connectivity index (χ1) is 17.6. The van der Waals surface area contributed by atoms with Crippen LogP contribution < -0.4 is 9.62 Å². The molecular formula is C27H37Cl2N3O4S. The summed E-state index contributed by atoms with van der Waals surface area (Å²) in [4.78, 5) is 28.0. The lowest BCUT2D eigenvalue weighted by Gasteiger charge is -2.31. The first-order valence-corrected chi connectivity index (χ1v) is 15.2. The summed E-state index contributed by atoms with van der Waals surface area (Å²) in [5, 5.41) is 3.56. The minimum absolute atomic E-state index is 0.0522. The largest absolute Gasteiger partial charge is 0.354 e. The number of rotatable bonds is 15. The van der Waals surface area contributed by atoms with Crippen LogP contribution in [-0.4, -0.2) is 57.1 Å². The molecule has 2 aromatic rings. The van der Waals surface area contributed by atoms with Crippen LogP contribution in [0.15, 0.2) is 48.5 Å². The highest BCUT2D eigenvalue weighted by molar-refractivity contribution is 7.92. The van der Waals surface area contributed by atoms with E-state index in [1.807, 2.05) is 37.3 Å². The molecule has 2 aromatic carbocycles. The molecule has 204 valence electrons. The van der Waals surface area contributed by atoms with Gasteiger partial charge in [-0.3, -0.25) is 13.9 Å². The zero-order valence-corrected chi connectivity index (χ0v) is 24.1. The van der Waals surface area contributed by atoms with Gasteiger partial charge in [0.25, 0.3) is 0 Å². The molecule has 0 unspecified atom stereocenters. The molecule has 1 atom stereocenters. The Kier molecular flexibility index (Phi) is 12.7. The molecule has 2 amide bonds. The van der Waals surface area contributed by atoms with Gasteiger partial charge in [-0.1, -0.05) is 73.8 Å². The number of hydrogen-bond acceptors (Lipinski definition) is 4. The number of carbonyl (C=O) groups is 2. The molecule has 0 aliphatic rings. The van der Waals surface area contributed by atoms with Gasteiger partial charge < -0.3 is 10.2 Å². The Morgan fingerprint density at radius 1 is 1.00 bits per heavy atom. The smallest absolute Gasteiger partial charge is 0.242 e. The van der Waals surface area contributed by atoms with E-state index in [0.29, 0.717) is 31.0 Å². The molecule has 0 bridgehead atoms. The number of unbranched alkanes of at least 4 members (excludes halogenated alkanes) is 1. The van der Waals surface area contributed by atoms with Crippen molar-refractivity contribution >= 4 is 50.7 Å². The zero-order valence-electron chi connectivity index (χ0n) is 21.8. The molecule has 0 radical (unpaired) electrons. The van der Waals surface area contributed by atoms with Crippen LogP contribution >= 0.6 is 23.2 Å². The van der Waals surface area contributed by atoms with E-state index in [0.717, 1.165) is 29.0 Å². The molecular weight excluding hydrogens is 533 g/mol. The van der Waals surface area contributed by atoms with Crippen molar-refractivity contribution < 1.29 is 18.0 Å². The highest BCUT2D eigenvalue weighted by Crippen LogP contribution is 2.31. The molecule has 0 spiro atoms. The second kappa shape index (κ2) is 15.2. The SMILES string of the molecule is CCCCNC(=O)[C@H](CC)N(CCc1ccccc1)C(=O)CCCN(c1cc(Cl)ccc1Cl)S(C)(=O)=O. The third kappa shape index (κ3) is 9.83. The van der Waals surface area contributed by atoms with Gasteiger partial charge in [0.2, 0.25) is 21.8 Å². The van der Waals surface area contributed by atoms with E-state index in [4.69, 9.17) is 23.2 Å². The van der Waals surface area contributed by atoms with Crippen molar-refractivity contribution in [2.75, 3.05) is 30.2 Å². The first-order valence-electron chi connectivity index (χ1n) is 12.6. The van der Waals surface area contributed by atoms with Crippen molar-refractivity contribution in [3.05, 3.63) is 64.1 Å². The van der Waals surface area contributed by atoms with Crippen LogP contribution in [0.1, 0.15) is 51.5 Å². The third-order valence-electron chi connectivity index (χ3n) is 6.03. The molecule has 0 heterocycles. The van der Waals surface area contributed by atoms with Crippen molar-refractivity contribution in [1.29, 1.82) is 0 Å². The number of halogens is 2. The van der Waals surface area contributed by atoms with E-state index in [2.05, 4.69) is 12.2 Å². The number of benzene rings is 2. The molecule has 37 heavy (non-hydrogen) atoms. The summed E-state index contributed by atoms with van der Waals surface area (Å²) in [5.41, 5.74) is 1.34. The fourth-order valence-corrected chi connectivity index (χ4v) is 5.47. The molecule has 1 N–H and O–H groups in total. The average molecular weight is 571 g/mol. The van der Waals surface area contributed by atoms with Crippen molar-refractivity contribution in [3.8, 4) is 0 Å². The maximum atomic E-state index is 13.4. The first kappa shape index (κ1) is 30.9. The van der Waals surface area contributed by atoms with E-state index in [1.165, 1.54) is 12.1 Å².